The average Bonchev–Trinajstić information content (AvgIpc) is 3.40. The van der Waals surface area contributed by atoms with Gasteiger partial charge in [-0.3, -0.25) is 14.7 Å². The molecular formula is C24H18ClFN6O2S. The molecule has 0 radical (unpaired) electrons. The number of aromatic nitrogens is 3. The summed E-state index contributed by atoms with van der Waals surface area (Å²) in [6, 6.07) is 17.1. The first kappa shape index (κ1) is 24.1. The summed E-state index contributed by atoms with van der Waals surface area (Å²) >= 11 is 10.6. The molecule has 8 nitrogen and oxygen atoms in total. The van der Waals surface area contributed by atoms with Crippen LogP contribution < -0.4 is 10.7 Å². The lowest BCUT2D eigenvalue weighted by Crippen LogP contribution is -2.21. The second kappa shape index (κ2) is 10.9. The highest BCUT2D eigenvalue weighted by atomic mass is 35.5. The first-order valence-electron chi connectivity index (χ1n) is 10.2. The predicted octanol–water partition coefficient (Wildman–Crippen LogP) is 4.63. The second-order valence-electron chi connectivity index (χ2n) is 7.30. The number of carbonyl (C=O) groups is 2. The molecule has 1 heterocycles. The molecule has 0 fully saturated rings. The van der Waals surface area contributed by atoms with E-state index in [0.29, 0.717) is 22.0 Å². The number of benzene rings is 3. The van der Waals surface area contributed by atoms with Gasteiger partial charge >= 0.3 is 0 Å². The molecule has 0 aliphatic carbocycles. The third-order valence-corrected chi connectivity index (χ3v) is 5.64. The number of thiol groups is 1. The largest absolute Gasteiger partial charge is 0.321 e. The Labute approximate surface area is 210 Å². The molecule has 0 aliphatic rings. The van der Waals surface area contributed by atoms with E-state index < -0.39 is 22.9 Å². The molecule has 1 unspecified atom stereocenters. The minimum atomic E-state index is -0.607. The fraction of sp³-hybridized carbons (Fsp3) is 0.0417. The van der Waals surface area contributed by atoms with Crippen LogP contribution in [0, 0.1) is 5.82 Å². The van der Waals surface area contributed by atoms with Gasteiger partial charge < -0.3 is 5.32 Å². The van der Waals surface area contributed by atoms with E-state index in [1.807, 2.05) is 6.07 Å². The highest BCUT2D eigenvalue weighted by Gasteiger charge is 2.17. The molecule has 1 aromatic heterocycles. The fourth-order valence-corrected chi connectivity index (χ4v) is 3.63. The van der Waals surface area contributed by atoms with Crippen molar-refractivity contribution in [2.45, 2.75) is 5.25 Å². The molecule has 2 amide bonds. The van der Waals surface area contributed by atoms with Crippen molar-refractivity contribution in [1.29, 1.82) is 0 Å². The van der Waals surface area contributed by atoms with E-state index in [2.05, 4.69) is 43.7 Å². The van der Waals surface area contributed by atoms with Gasteiger partial charge in [0.1, 0.15) is 18.0 Å². The molecule has 1 atom stereocenters. The molecule has 4 aromatic rings. The van der Waals surface area contributed by atoms with E-state index in [4.69, 9.17) is 11.6 Å². The topological polar surface area (TPSA) is 112 Å². The first-order chi connectivity index (χ1) is 16.9. The Morgan fingerprint density at radius 2 is 1.91 bits per heavy atom. The molecule has 0 saturated heterocycles. The summed E-state index contributed by atoms with van der Waals surface area (Å²) in [4.78, 5) is 29.8. The Kier molecular flexibility index (Phi) is 7.54. The van der Waals surface area contributed by atoms with Gasteiger partial charge in [-0.1, -0.05) is 35.9 Å². The molecule has 0 bridgehead atoms. The van der Waals surface area contributed by atoms with Gasteiger partial charge in [0.25, 0.3) is 11.8 Å². The summed E-state index contributed by atoms with van der Waals surface area (Å²) < 4.78 is 13.3. The van der Waals surface area contributed by atoms with Gasteiger partial charge in [0.2, 0.25) is 0 Å². The zero-order valence-electron chi connectivity index (χ0n) is 17.9. The summed E-state index contributed by atoms with van der Waals surface area (Å²) in [7, 11) is 0. The fourth-order valence-electron chi connectivity index (χ4n) is 3.17. The first-order valence-corrected chi connectivity index (χ1v) is 11.1. The Morgan fingerprint density at radius 3 is 2.69 bits per heavy atom. The smallest absolute Gasteiger partial charge is 0.273 e. The maximum Gasteiger partial charge on any atom is 0.273 e. The molecule has 3 N–H and O–H groups in total. The Balaban J connectivity index is 1.50. The van der Waals surface area contributed by atoms with Crippen LogP contribution in [-0.4, -0.2) is 33.2 Å². The SMILES string of the molecule is O=C(Nc1ccc(Cl)cc1C(=O)N/N=C/c1cccc(F)c1)c1cccc(C(S)c2ncn[nH]2)c1. The number of anilines is 1. The third kappa shape index (κ3) is 6.11. The van der Waals surface area contributed by atoms with Crippen LogP contribution in [0.15, 0.2) is 78.2 Å². The highest BCUT2D eigenvalue weighted by Crippen LogP contribution is 2.26. The van der Waals surface area contributed by atoms with E-state index in [1.165, 1.54) is 42.9 Å². The molecule has 176 valence electrons. The van der Waals surface area contributed by atoms with Crippen molar-refractivity contribution in [3.8, 4) is 0 Å². The quantitative estimate of drug-likeness (QED) is 0.165. The van der Waals surface area contributed by atoms with Gasteiger partial charge in [-0.15, -0.1) is 0 Å². The van der Waals surface area contributed by atoms with Crippen LogP contribution in [0.5, 0.6) is 0 Å². The lowest BCUT2D eigenvalue weighted by Gasteiger charge is -2.12. The summed E-state index contributed by atoms with van der Waals surface area (Å²) in [6.45, 7) is 0. The van der Waals surface area contributed by atoms with E-state index in [0.717, 1.165) is 5.56 Å². The standard InChI is InChI=1S/C24H18ClFN6O2S/c25-17-7-8-20(19(11-17)24(34)32-28-12-14-3-1-6-18(26)9-14)30-23(33)16-5-2-4-15(10-16)21(35)22-27-13-29-31-22/h1-13,21,35H,(H,30,33)(H,32,34)(H,27,29,31)/b28-12+. The number of halogens is 2. The van der Waals surface area contributed by atoms with Gasteiger partial charge in [0.15, 0.2) is 0 Å². The maximum absolute atomic E-state index is 13.3. The van der Waals surface area contributed by atoms with Crippen LogP contribution >= 0.6 is 24.2 Å². The Bertz CT molecular complexity index is 1400. The monoisotopic (exact) mass is 508 g/mol. The Hall–Kier alpha value is -4.02. The molecule has 4 rings (SSSR count). The van der Waals surface area contributed by atoms with E-state index in [-0.39, 0.29) is 11.3 Å². The lowest BCUT2D eigenvalue weighted by molar-refractivity contribution is 0.0956. The number of H-pyrrole nitrogens is 1. The van der Waals surface area contributed by atoms with Gasteiger partial charge in [0.05, 0.1) is 22.7 Å². The molecule has 3 aromatic carbocycles. The number of nitrogens with zero attached hydrogens (tertiary/aromatic N) is 3. The van der Waals surface area contributed by atoms with Crippen LogP contribution in [0.4, 0.5) is 10.1 Å². The number of hydrogen-bond donors (Lipinski definition) is 4. The van der Waals surface area contributed by atoms with Crippen molar-refractivity contribution in [2.75, 3.05) is 5.32 Å². The van der Waals surface area contributed by atoms with Crippen molar-refractivity contribution in [3.05, 3.63) is 112 Å². The van der Waals surface area contributed by atoms with Crippen LogP contribution in [0.2, 0.25) is 5.02 Å². The van der Waals surface area contributed by atoms with Crippen molar-refractivity contribution in [3.63, 3.8) is 0 Å². The Morgan fingerprint density at radius 1 is 1.09 bits per heavy atom. The van der Waals surface area contributed by atoms with E-state index in [9.17, 15) is 14.0 Å². The minimum Gasteiger partial charge on any atom is -0.321 e. The van der Waals surface area contributed by atoms with Crippen molar-refractivity contribution in [1.82, 2.24) is 20.6 Å². The predicted molar refractivity (Wildman–Crippen MR) is 135 cm³/mol. The lowest BCUT2D eigenvalue weighted by atomic mass is 10.1. The van der Waals surface area contributed by atoms with E-state index in [1.54, 1.807) is 30.3 Å². The molecule has 0 aliphatic heterocycles. The number of hydrogen-bond acceptors (Lipinski definition) is 6. The summed E-state index contributed by atoms with van der Waals surface area (Å²) in [5.74, 6) is -0.926. The maximum atomic E-state index is 13.3. The number of aromatic amines is 1. The van der Waals surface area contributed by atoms with Gasteiger partial charge in [-0.05, 0) is 53.6 Å². The van der Waals surface area contributed by atoms with Gasteiger partial charge in [0, 0.05) is 10.6 Å². The normalized spacial score (nSPS) is 11.9. The molecule has 0 spiro atoms. The van der Waals surface area contributed by atoms with Crippen molar-refractivity contribution in [2.24, 2.45) is 5.10 Å². The summed E-state index contributed by atoms with van der Waals surface area (Å²) in [6.07, 6.45) is 2.68. The third-order valence-electron chi connectivity index (χ3n) is 4.86. The highest BCUT2D eigenvalue weighted by molar-refractivity contribution is 7.80. The van der Waals surface area contributed by atoms with Crippen LogP contribution in [0.25, 0.3) is 0 Å². The van der Waals surface area contributed by atoms with Crippen molar-refractivity contribution >= 4 is 47.9 Å². The molecular weight excluding hydrogens is 491 g/mol. The van der Waals surface area contributed by atoms with Gasteiger partial charge in [-0.2, -0.15) is 22.8 Å². The number of hydrazone groups is 1. The van der Waals surface area contributed by atoms with E-state index >= 15 is 0 Å². The van der Waals surface area contributed by atoms with Crippen molar-refractivity contribution < 1.29 is 14.0 Å². The average molecular weight is 509 g/mol. The number of nitrogens with one attached hydrogen (secondary N) is 3. The van der Waals surface area contributed by atoms with Crippen LogP contribution in [0.1, 0.15) is 42.9 Å². The van der Waals surface area contributed by atoms with Crippen LogP contribution in [0.3, 0.4) is 0 Å². The minimum absolute atomic E-state index is 0.104. The van der Waals surface area contributed by atoms with Crippen LogP contribution in [-0.2, 0) is 0 Å². The molecule has 35 heavy (non-hydrogen) atoms. The summed E-state index contributed by atoms with van der Waals surface area (Å²) in [5, 5.41) is 13.1. The molecule has 0 saturated carbocycles. The zero-order chi connectivity index (χ0) is 24.8. The second-order valence-corrected chi connectivity index (χ2v) is 8.25. The zero-order valence-corrected chi connectivity index (χ0v) is 19.6. The number of amides is 2. The molecule has 11 heteroatoms. The van der Waals surface area contributed by atoms with Gasteiger partial charge in [-0.25, -0.2) is 14.8 Å². The number of rotatable bonds is 7. The number of carbonyl (C=O) groups excluding carboxylic acids is 2. The summed E-state index contributed by atoms with van der Waals surface area (Å²) in [5.41, 5.74) is 4.26.